The van der Waals surface area contributed by atoms with E-state index in [1.807, 2.05) is 12.1 Å². The van der Waals surface area contributed by atoms with E-state index in [1.54, 1.807) is 48.5 Å². The highest BCUT2D eigenvalue weighted by Crippen LogP contribution is 2.35. The van der Waals surface area contributed by atoms with Crippen LogP contribution in [-0.2, 0) is 19.2 Å². The Hall–Kier alpha value is -3.34. The SMILES string of the molecule is O=C(O)C(CN1C(=O)C=C(Sc2ccccc2)C1=O)N1C(=O)C(Sc2ccccc2)=C[C@@H]1O. The molecule has 2 aliphatic heterocycles. The second-order valence-corrected chi connectivity index (χ2v) is 9.33. The minimum Gasteiger partial charge on any atom is -0.480 e. The second kappa shape index (κ2) is 9.65. The Morgan fingerprint density at radius 1 is 0.879 bits per heavy atom. The summed E-state index contributed by atoms with van der Waals surface area (Å²) in [6.07, 6.45) is 0.915. The predicted molar refractivity (Wildman–Crippen MR) is 122 cm³/mol. The van der Waals surface area contributed by atoms with Crippen LogP contribution >= 0.6 is 23.5 Å². The summed E-state index contributed by atoms with van der Waals surface area (Å²) in [6, 6.07) is 16.3. The van der Waals surface area contributed by atoms with E-state index >= 15 is 0 Å². The highest BCUT2D eigenvalue weighted by molar-refractivity contribution is 8.04. The molecule has 0 fully saturated rings. The average molecular weight is 483 g/mol. The van der Waals surface area contributed by atoms with Crippen LogP contribution in [0.4, 0.5) is 0 Å². The first-order valence-electron chi connectivity index (χ1n) is 9.84. The number of aliphatic hydroxyl groups is 1. The van der Waals surface area contributed by atoms with Gasteiger partial charge >= 0.3 is 5.97 Å². The highest BCUT2D eigenvalue weighted by atomic mass is 32.2. The molecule has 0 radical (unpaired) electrons. The van der Waals surface area contributed by atoms with E-state index in [9.17, 15) is 29.4 Å². The molecule has 2 heterocycles. The fourth-order valence-corrected chi connectivity index (χ4v) is 5.19. The Morgan fingerprint density at radius 3 is 1.97 bits per heavy atom. The molecule has 1 unspecified atom stereocenters. The van der Waals surface area contributed by atoms with Gasteiger partial charge in [0.25, 0.3) is 17.7 Å². The maximum absolute atomic E-state index is 12.9. The first kappa shape index (κ1) is 22.8. The van der Waals surface area contributed by atoms with Crippen molar-refractivity contribution in [3.8, 4) is 0 Å². The van der Waals surface area contributed by atoms with Crippen molar-refractivity contribution in [2.75, 3.05) is 6.54 Å². The van der Waals surface area contributed by atoms with Gasteiger partial charge in [0.1, 0.15) is 0 Å². The van der Waals surface area contributed by atoms with Gasteiger partial charge in [0.05, 0.1) is 16.4 Å². The fraction of sp³-hybridized carbons (Fsp3) is 0.130. The van der Waals surface area contributed by atoms with E-state index in [2.05, 4.69) is 0 Å². The summed E-state index contributed by atoms with van der Waals surface area (Å²) >= 11 is 2.19. The van der Waals surface area contributed by atoms with Crippen LogP contribution in [0.1, 0.15) is 0 Å². The Labute approximate surface area is 197 Å². The molecule has 168 valence electrons. The maximum atomic E-state index is 12.9. The number of carboxylic acids is 1. The van der Waals surface area contributed by atoms with E-state index in [-0.39, 0.29) is 9.81 Å². The smallest absolute Gasteiger partial charge is 0.328 e. The molecule has 8 nitrogen and oxygen atoms in total. The van der Waals surface area contributed by atoms with E-state index in [0.29, 0.717) is 0 Å². The van der Waals surface area contributed by atoms with E-state index in [4.69, 9.17) is 0 Å². The van der Waals surface area contributed by atoms with Gasteiger partial charge in [0.2, 0.25) is 0 Å². The number of aliphatic carboxylic acids is 1. The van der Waals surface area contributed by atoms with Crippen molar-refractivity contribution < 1.29 is 29.4 Å². The van der Waals surface area contributed by atoms with Gasteiger partial charge in [-0.05, 0) is 30.3 Å². The zero-order valence-electron chi connectivity index (χ0n) is 17.0. The summed E-state index contributed by atoms with van der Waals surface area (Å²) in [5, 5.41) is 20.2. The third kappa shape index (κ3) is 4.87. The number of thioether (sulfide) groups is 2. The summed E-state index contributed by atoms with van der Waals surface area (Å²) in [5.41, 5.74) is 0. The summed E-state index contributed by atoms with van der Waals surface area (Å²) in [6.45, 7) is -0.581. The van der Waals surface area contributed by atoms with Crippen LogP contribution in [0, 0.1) is 0 Å². The van der Waals surface area contributed by atoms with Crippen molar-refractivity contribution in [1.82, 2.24) is 9.80 Å². The maximum Gasteiger partial charge on any atom is 0.328 e. The number of rotatable bonds is 8. The van der Waals surface area contributed by atoms with Crippen LogP contribution in [0.3, 0.4) is 0 Å². The number of benzene rings is 2. The molecule has 4 rings (SSSR count). The van der Waals surface area contributed by atoms with Crippen molar-refractivity contribution in [3.05, 3.63) is 82.6 Å². The number of carbonyl (C=O) groups is 4. The van der Waals surface area contributed by atoms with Crippen molar-refractivity contribution >= 4 is 47.2 Å². The lowest BCUT2D eigenvalue weighted by Crippen LogP contribution is -2.54. The molecule has 0 saturated carbocycles. The number of nitrogens with zero attached hydrogens (tertiary/aromatic N) is 2. The van der Waals surface area contributed by atoms with Crippen molar-refractivity contribution in [2.45, 2.75) is 22.1 Å². The summed E-state index contributed by atoms with van der Waals surface area (Å²) < 4.78 is 0. The molecule has 2 aromatic carbocycles. The third-order valence-electron chi connectivity index (χ3n) is 4.93. The highest BCUT2D eigenvalue weighted by Gasteiger charge is 2.44. The lowest BCUT2D eigenvalue weighted by atomic mass is 10.2. The topological polar surface area (TPSA) is 115 Å². The molecule has 2 N–H and O–H groups in total. The predicted octanol–water partition coefficient (Wildman–Crippen LogP) is 2.32. The molecule has 0 aliphatic carbocycles. The standard InChI is InChI=1S/C23H18N2O6S2/c26-19-11-17(32-14-7-3-1-4-8-14)21(28)24(19)13-16(23(30)31)25-20(27)12-18(22(25)29)33-15-9-5-2-6-10-15/h1-12,16,20,27H,13H2,(H,30,31)/t16?,20-/m0/s1. The van der Waals surface area contributed by atoms with Gasteiger partial charge in [0.15, 0.2) is 12.3 Å². The summed E-state index contributed by atoms with van der Waals surface area (Å²) in [4.78, 5) is 53.6. The molecule has 2 aromatic rings. The van der Waals surface area contributed by atoms with Crippen molar-refractivity contribution in [1.29, 1.82) is 0 Å². The largest absolute Gasteiger partial charge is 0.480 e. The monoisotopic (exact) mass is 482 g/mol. The van der Waals surface area contributed by atoms with Crippen LogP contribution in [0.25, 0.3) is 0 Å². The molecule has 0 bridgehead atoms. The molecule has 2 aliphatic rings. The van der Waals surface area contributed by atoms with Crippen molar-refractivity contribution in [2.24, 2.45) is 0 Å². The molecule has 2 atom stereocenters. The van der Waals surface area contributed by atoms with Gasteiger partial charge in [-0.2, -0.15) is 0 Å². The van der Waals surface area contributed by atoms with Crippen LogP contribution in [0.15, 0.2) is 92.4 Å². The number of imide groups is 1. The normalized spacial score (nSPS) is 19.1. The van der Waals surface area contributed by atoms with Crippen molar-refractivity contribution in [3.63, 3.8) is 0 Å². The second-order valence-electron chi connectivity index (χ2n) is 7.10. The van der Waals surface area contributed by atoms with Crippen LogP contribution < -0.4 is 0 Å². The number of hydrogen-bond acceptors (Lipinski definition) is 7. The number of carbonyl (C=O) groups excluding carboxylic acids is 3. The minimum absolute atomic E-state index is 0.155. The van der Waals surface area contributed by atoms with Crippen LogP contribution in [0.2, 0.25) is 0 Å². The zero-order valence-corrected chi connectivity index (χ0v) is 18.7. The summed E-state index contributed by atoms with van der Waals surface area (Å²) in [5.74, 6) is -3.44. The lowest BCUT2D eigenvalue weighted by molar-refractivity contribution is -0.156. The van der Waals surface area contributed by atoms with Gasteiger partial charge in [-0.25, -0.2) is 4.79 Å². The van der Waals surface area contributed by atoms with Gasteiger partial charge < -0.3 is 10.2 Å². The van der Waals surface area contributed by atoms with Gasteiger partial charge in [-0.1, -0.05) is 59.9 Å². The first-order chi connectivity index (χ1) is 15.8. The Balaban J connectivity index is 1.48. The number of aliphatic hydroxyl groups excluding tert-OH is 1. The third-order valence-corrected chi connectivity index (χ3v) is 6.98. The van der Waals surface area contributed by atoms with Gasteiger partial charge in [-0.15, -0.1) is 0 Å². The molecular formula is C23H18N2O6S2. The number of carboxylic acid groups (broad SMARTS) is 1. The first-order valence-corrected chi connectivity index (χ1v) is 11.5. The molecule has 10 heteroatoms. The van der Waals surface area contributed by atoms with E-state index in [0.717, 1.165) is 49.2 Å². The molecule has 0 saturated heterocycles. The lowest BCUT2D eigenvalue weighted by Gasteiger charge is -2.30. The quantitative estimate of drug-likeness (QED) is 0.551. The Kier molecular flexibility index (Phi) is 6.68. The summed E-state index contributed by atoms with van der Waals surface area (Å²) in [7, 11) is 0. The van der Waals surface area contributed by atoms with Crippen LogP contribution in [-0.4, -0.2) is 62.5 Å². The number of hydrogen-bond donors (Lipinski definition) is 2. The van der Waals surface area contributed by atoms with E-state index < -0.39 is 42.5 Å². The molecule has 33 heavy (non-hydrogen) atoms. The minimum atomic E-state index is -1.61. The molecule has 0 spiro atoms. The average Bonchev–Trinajstić information content (AvgIpc) is 3.22. The fourth-order valence-electron chi connectivity index (χ4n) is 3.36. The Morgan fingerprint density at radius 2 is 1.42 bits per heavy atom. The number of amides is 3. The molecule has 0 aromatic heterocycles. The van der Waals surface area contributed by atoms with E-state index in [1.165, 1.54) is 6.08 Å². The zero-order chi connectivity index (χ0) is 23.5. The molecular weight excluding hydrogens is 464 g/mol. The van der Waals surface area contributed by atoms with Gasteiger partial charge in [0, 0.05) is 15.9 Å². The Bertz CT molecular complexity index is 1170. The van der Waals surface area contributed by atoms with Gasteiger partial charge in [-0.3, -0.25) is 24.2 Å². The van der Waals surface area contributed by atoms with Crippen LogP contribution in [0.5, 0.6) is 0 Å². The molecule has 3 amide bonds.